The van der Waals surface area contributed by atoms with Gasteiger partial charge in [-0.05, 0) is 24.7 Å². The van der Waals surface area contributed by atoms with E-state index < -0.39 is 18.6 Å². The molecule has 0 heterocycles. The zero-order valence-corrected chi connectivity index (χ0v) is 12.5. The lowest BCUT2D eigenvalue weighted by atomic mass is 9.78. The summed E-state index contributed by atoms with van der Waals surface area (Å²) in [5.41, 5.74) is 0. The molecule has 0 radical (unpaired) electrons. The SMILES string of the molecule is CC(C)[C@@H]1CCCC[C@H]1NCC(=O)N(C)CC(F)(F)F. The third-order valence-corrected chi connectivity index (χ3v) is 4.03. The predicted octanol–water partition coefficient (Wildman–Crippen LogP) is 2.81. The van der Waals surface area contributed by atoms with E-state index in [0.717, 1.165) is 24.2 Å². The molecule has 1 aliphatic carbocycles. The number of likely N-dealkylation sites (N-methyl/N-ethyl adjacent to an activating group) is 1. The summed E-state index contributed by atoms with van der Waals surface area (Å²) in [7, 11) is 1.19. The molecular formula is C14H25F3N2O. The fourth-order valence-corrected chi connectivity index (χ4v) is 2.92. The van der Waals surface area contributed by atoms with Crippen molar-refractivity contribution in [1.29, 1.82) is 0 Å². The summed E-state index contributed by atoms with van der Waals surface area (Å²) in [6.07, 6.45) is 0.104. The molecule has 1 saturated carbocycles. The number of carbonyl (C=O) groups is 1. The Labute approximate surface area is 118 Å². The van der Waals surface area contributed by atoms with Crippen LogP contribution in [0.2, 0.25) is 0 Å². The van der Waals surface area contributed by atoms with Crippen molar-refractivity contribution < 1.29 is 18.0 Å². The second-order valence-electron chi connectivity index (χ2n) is 6.04. The topological polar surface area (TPSA) is 32.3 Å². The van der Waals surface area contributed by atoms with Crippen LogP contribution in [0, 0.1) is 11.8 Å². The highest BCUT2D eigenvalue weighted by Crippen LogP contribution is 2.30. The van der Waals surface area contributed by atoms with Gasteiger partial charge in [-0.1, -0.05) is 26.7 Å². The summed E-state index contributed by atoms with van der Waals surface area (Å²) in [4.78, 5) is 12.4. The molecule has 20 heavy (non-hydrogen) atoms. The Bertz CT molecular complexity index is 318. The molecule has 0 saturated heterocycles. The first-order valence-electron chi connectivity index (χ1n) is 7.25. The molecule has 0 aliphatic heterocycles. The minimum Gasteiger partial charge on any atom is -0.336 e. The van der Waals surface area contributed by atoms with E-state index >= 15 is 0 Å². The maximum atomic E-state index is 12.2. The van der Waals surface area contributed by atoms with Crippen molar-refractivity contribution >= 4 is 5.91 Å². The number of nitrogens with one attached hydrogen (secondary N) is 1. The predicted molar refractivity (Wildman–Crippen MR) is 72.3 cm³/mol. The number of carbonyl (C=O) groups excluding carboxylic acids is 1. The fraction of sp³-hybridized carbons (Fsp3) is 0.929. The Morgan fingerprint density at radius 2 is 1.90 bits per heavy atom. The summed E-state index contributed by atoms with van der Waals surface area (Å²) in [5.74, 6) is 0.524. The van der Waals surface area contributed by atoms with Crippen LogP contribution in [0.1, 0.15) is 39.5 Å². The molecule has 3 nitrogen and oxygen atoms in total. The van der Waals surface area contributed by atoms with Gasteiger partial charge in [-0.2, -0.15) is 13.2 Å². The van der Waals surface area contributed by atoms with E-state index in [9.17, 15) is 18.0 Å². The number of rotatable bonds is 5. The first kappa shape index (κ1) is 17.3. The Balaban J connectivity index is 2.42. The number of amides is 1. The second-order valence-corrected chi connectivity index (χ2v) is 6.04. The maximum absolute atomic E-state index is 12.2. The van der Waals surface area contributed by atoms with Gasteiger partial charge in [0.1, 0.15) is 6.54 Å². The van der Waals surface area contributed by atoms with Crippen molar-refractivity contribution in [3.63, 3.8) is 0 Å². The van der Waals surface area contributed by atoms with Crippen molar-refractivity contribution in [2.24, 2.45) is 11.8 Å². The molecule has 1 fully saturated rings. The van der Waals surface area contributed by atoms with Gasteiger partial charge >= 0.3 is 6.18 Å². The Hall–Kier alpha value is -0.780. The molecule has 6 heteroatoms. The quantitative estimate of drug-likeness (QED) is 0.845. The largest absolute Gasteiger partial charge is 0.406 e. The Morgan fingerprint density at radius 1 is 1.30 bits per heavy atom. The van der Waals surface area contributed by atoms with Crippen LogP contribution in [0.4, 0.5) is 13.2 Å². The number of hydrogen-bond acceptors (Lipinski definition) is 2. The minimum absolute atomic E-state index is 0.0134. The van der Waals surface area contributed by atoms with Gasteiger partial charge in [0, 0.05) is 13.1 Å². The fourth-order valence-electron chi connectivity index (χ4n) is 2.92. The van der Waals surface area contributed by atoms with Crippen LogP contribution >= 0.6 is 0 Å². The van der Waals surface area contributed by atoms with Gasteiger partial charge in [-0.15, -0.1) is 0 Å². The highest BCUT2D eigenvalue weighted by atomic mass is 19.4. The average molecular weight is 294 g/mol. The van der Waals surface area contributed by atoms with Gasteiger partial charge in [0.25, 0.3) is 0 Å². The van der Waals surface area contributed by atoms with E-state index in [2.05, 4.69) is 19.2 Å². The van der Waals surface area contributed by atoms with E-state index in [1.807, 2.05) is 0 Å². The summed E-state index contributed by atoms with van der Waals surface area (Å²) in [6.45, 7) is 3.11. The minimum atomic E-state index is -4.34. The van der Waals surface area contributed by atoms with Crippen LogP contribution in [0.5, 0.6) is 0 Å². The van der Waals surface area contributed by atoms with Gasteiger partial charge in [-0.25, -0.2) is 0 Å². The number of hydrogen-bond donors (Lipinski definition) is 1. The van der Waals surface area contributed by atoms with Crippen LogP contribution < -0.4 is 5.32 Å². The van der Waals surface area contributed by atoms with E-state index in [0.29, 0.717) is 11.8 Å². The first-order valence-corrected chi connectivity index (χ1v) is 7.25. The van der Waals surface area contributed by atoms with E-state index in [-0.39, 0.29) is 12.6 Å². The molecule has 0 aromatic rings. The third kappa shape index (κ3) is 5.69. The van der Waals surface area contributed by atoms with Crippen molar-refractivity contribution in [1.82, 2.24) is 10.2 Å². The standard InChI is InChI=1S/C14H25F3N2O/c1-10(2)11-6-4-5-7-12(11)18-8-13(20)19(3)9-14(15,16)17/h10-12,18H,4-9H2,1-3H3/t11-,12+/m0/s1. The molecule has 0 aromatic carbocycles. The number of halogens is 3. The summed E-state index contributed by atoms with van der Waals surface area (Å²) < 4.78 is 36.6. The summed E-state index contributed by atoms with van der Waals surface area (Å²) in [6, 6.07) is 0.243. The van der Waals surface area contributed by atoms with Crippen molar-refractivity contribution in [2.75, 3.05) is 20.1 Å². The lowest BCUT2D eigenvalue weighted by Gasteiger charge is -2.35. The third-order valence-electron chi connectivity index (χ3n) is 4.03. The molecule has 1 N–H and O–H groups in total. The molecule has 0 bridgehead atoms. The lowest BCUT2D eigenvalue weighted by Crippen LogP contribution is -2.47. The normalized spacial score (nSPS) is 23.9. The van der Waals surface area contributed by atoms with Gasteiger partial charge in [0.15, 0.2) is 0 Å². The van der Waals surface area contributed by atoms with Crippen LogP contribution in [-0.4, -0.2) is 43.2 Å². The van der Waals surface area contributed by atoms with E-state index in [4.69, 9.17) is 0 Å². The highest BCUT2D eigenvalue weighted by molar-refractivity contribution is 5.78. The van der Waals surface area contributed by atoms with Crippen LogP contribution in [0.25, 0.3) is 0 Å². The molecule has 0 unspecified atom stereocenters. The lowest BCUT2D eigenvalue weighted by molar-refractivity contribution is -0.157. The molecular weight excluding hydrogens is 269 g/mol. The molecule has 118 valence electrons. The molecule has 0 spiro atoms. The molecule has 1 aliphatic rings. The smallest absolute Gasteiger partial charge is 0.336 e. The molecule has 2 atom stereocenters. The van der Waals surface area contributed by atoms with Crippen LogP contribution in [0.3, 0.4) is 0 Å². The van der Waals surface area contributed by atoms with Gasteiger partial charge in [0.2, 0.25) is 5.91 Å². The summed E-state index contributed by atoms with van der Waals surface area (Å²) >= 11 is 0. The molecule has 1 rings (SSSR count). The first-order chi connectivity index (χ1) is 9.20. The van der Waals surface area contributed by atoms with Gasteiger partial charge in [-0.3, -0.25) is 4.79 Å². The molecule has 0 aromatic heterocycles. The van der Waals surface area contributed by atoms with Crippen molar-refractivity contribution in [3.8, 4) is 0 Å². The summed E-state index contributed by atoms with van der Waals surface area (Å²) in [5, 5.41) is 3.16. The van der Waals surface area contributed by atoms with Crippen LogP contribution in [0.15, 0.2) is 0 Å². The monoisotopic (exact) mass is 294 g/mol. The zero-order valence-electron chi connectivity index (χ0n) is 12.5. The Kier molecular flexibility index (Phi) is 6.30. The van der Waals surface area contributed by atoms with Gasteiger partial charge < -0.3 is 10.2 Å². The number of alkyl halides is 3. The van der Waals surface area contributed by atoms with E-state index in [1.54, 1.807) is 0 Å². The maximum Gasteiger partial charge on any atom is 0.406 e. The van der Waals surface area contributed by atoms with E-state index in [1.165, 1.54) is 13.5 Å². The number of nitrogens with zero attached hydrogens (tertiary/aromatic N) is 1. The zero-order chi connectivity index (χ0) is 15.3. The second kappa shape index (κ2) is 7.29. The van der Waals surface area contributed by atoms with Crippen LogP contribution in [-0.2, 0) is 4.79 Å². The average Bonchev–Trinajstić information content (AvgIpc) is 2.34. The van der Waals surface area contributed by atoms with Crippen molar-refractivity contribution in [2.45, 2.75) is 51.7 Å². The van der Waals surface area contributed by atoms with Gasteiger partial charge in [0.05, 0.1) is 6.54 Å². The van der Waals surface area contributed by atoms with Crippen molar-refractivity contribution in [3.05, 3.63) is 0 Å². The molecule has 1 amide bonds. The Morgan fingerprint density at radius 3 is 2.45 bits per heavy atom. The highest BCUT2D eigenvalue weighted by Gasteiger charge is 2.32.